The van der Waals surface area contributed by atoms with Gasteiger partial charge in [0.25, 0.3) is 5.91 Å². The van der Waals surface area contributed by atoms with E-state index in [1.54, 1.807) is 28.4 Å². The van der Waals surface area contributed by atoms with Crippen molar-refractivity contribution in [1.82, 2.24) is 15.2 Å². The SMILES string of the molecule is O=C(NCC(=O)N1CCC(c2nc3cc(Cl)ccc3s2)CC1)c1ccc(Cl)cc1Cl. The van der Waals surface area contributed by atoms with Gasteiger partial charge in [-0.25, -0.2) is 4.98 Å². The third-order valence-corrected chi connectivity index (χ3v) is 7.12. The number of nitrogens with one attached hydrogen (secondary N) is 1. The molecule has 4 rings (SSSR count). The predicted molar refractivity (Wildman–Crippen MR) is 122 cm³/mol. The standard InChI is InChI=1S/C21H18Cl3N3O2S/c22-13-1-3-15(16(24)9-13)20(29)25-11-19(28)27-7-5-12(6-8-27)21-26-17-10-14(23)2-4-18(17)30-21/h1-4,9-10,12H,5-8,11H2,(H,25,29). The van der Waals surface area contributed by atoms with Crippen molar-refractivity contribution in [2.75, 3.05) is 19.6 Å². The molecule has 0 unspecified atom stereocenters. The normalized spacial score (nSPS) is 14.8. The maximum Gasteiger partial charge on any atom is 0.253 e. The quantitative estimate of drug-likeness (QED) is 0.542. The summed E-state index contributed by atoms with van der Waals surface area (Å²) < 4.78 is 1.12. The molecule has 1 aliphatic rings. The van der Waals surface area contributed by atoms with Crippen LogP contribution in [-0.2, 0) is 4.79 Å². The molecule has 0 atom stereocenters. The van der Waals surface area contributed by atoms with Gasteiger partial charge >= 0.3 is 0 Å². The Morgan fingerprint density at radius 2 is 1.77 bits per heavy atom. The molecular weight excluding hydrogens is 465 g/mol. The Morgan fingerprint density at radius 3 is 2.50 bits per heavy atom. The van der Waals surface area contributed by atoms with Crippen molar-refractivity contribution in [3.05, 3.63) is 62.0 Å². The van der Waals surface area contributed by atoms with Gasteiger partial charge in [0, 0.05) is 29.1 Å². The summed E-state index contributed by atoms with van der Waals surface area (Å²) in [6, 6.07) is 10.4. The lowest BCUT2D eigenvalue weighted by molar-refractivity contribution is -0.131. The number of likely N-dealkylation sites (tertiary alicyclic amines) is 1. The number of rotatable bonds is 4. The van der Waals surface area contributed by atoms with E-state index in [2.05, 4.69) is 5.32 Å². The predicted octanol–water partition coefficient (Wildman–Crippen LogP) is 5.39. The summed E-state index contributed by atoms with van der Waals surface area (Å²) in [7, 11) is 0. The van der Waals surface area contributed by atoms with Gasteiger partial charge in [-0.1, -0.05) is 34.8 Å². The molecule has 3 aromatic rings. The number of thiazole rings is 1. The van der Waals surface area contributed by atoms with Crippen molar-refractivity contribution in [2.24, 2.45) is 0 Å². The summed E-state index contributed by atoms with van der Waals surface area (Å²) in [5.74, 6) is -0.177. The lowest BCUT2D eigenvalue weighted by atomic mass is 9.97. The molecule has 156 valence electrons. The van der Waals surface area contributed by atoms with Gasteiger partial charge in [-0.05, 0) is 49.2 Å². The zero-order valence-corrected chi connectivity index (χ0v) is 18.9. The number of carbonyl (C=O) groups is 2. The van der Waals surface area contributed by atoms with Crippen molar-refractivity contribution >= 4 is 68.2 Å². The van der Waals surface area contributed by atoms with Crippen LogP contribution < -0.4 is 5.32 Å². The van der Waals surface area contributed by atoms with E-state index in [0.717, 1.165) is 28.1 Å². The topological polar surface area (TPSA) is 62.3 Å². The molecule has 1 fully saturated rings. The molecule has 2 heterocycles. The van der Waals surface area contributed by atoms with E-state index in [1.807, 2.05) is 18.2 Å². The number of piperidine rings is 1. The summed E-state index contributed by atoms with van der Waals surface area (Å²) in [6.07, 6.45) is 1.69. The second kappa shape index (κ2) is 9.10. The second-order valence-electron chi connectivity index (χ2n) is 7.13. The first-order valence-corrected chi connectivity index (χ1v) is 11.4. The van der Waals surface area contributed by atoms with Crippen LogP contribution in [0.4, 0.5) is 0 Å². The van der Waals surface area contributed by atoms with Crippen molar-refractivity contribution < 1.29 is 9.59 Å². The lowest BCUT2D eigenvalue weighted by Gasteiger charge is -2.31. The van der Waals surface area contributed by atoms with E-state index >= 15 is 0 Å². The van der Waals surface area contributed by atoms with Gasteiger partial charge in [-0.15, -0.1) is 11.3 Å². The average molecular weight is 483 g/mol. The number of carbonyl (C=O) groups excluding carboxylic acids is 2. The van der Waals surface area contributed by atoms with Crippen LogP contribution in [-0.4, -0.2) is 41.3 Å². The summed E-state index contributed by atoms with van der Waals surface area (Å²) >= 11 is 19.6. The Bertz CT molecular complexity index is 1110. The first-order chi connectivity index (χ1) is 14.4. The number of hydrogen-bond donors (Lipinski definition) is 1. The summed E-state index contributed by atoms with van der Waals surface area (Å²) in [6.45, 7) is 1.21. The molecule has 0 saturated carbocycles. The van der Waals surface area contributed by atoms with Gasteiger partial charge in [0.05, 0.1) is 32.4 Å². The van der Waals surface area contributed by atoms with E-state index in [-0.39, 0.29) is 17.5 Å². The highest BCUT2D eigenvalue weighted by molar-refractivity contribution is 7.18. The van der Waals surface area contributed by atoms with E-state index in [9.17, 15) is 9.59 Å². The number of aromatic nitrogens is 1. The molecule has 5 nitrogen and oxygen atoms in total. The van der Waals surface area contributed by atoms with Gasteiger partial charge < -0.3 is 10.2 Å². The fraction of sp³-hybridized carbons (Fsp3) is 0.286. The molecule has 1 aromatic heterocycles. The van der Waals surface area contributed by atoms with Crippen LogP contribution >= 0.6 is 46.1 Å². The Kier molecular flexibility index (Phi) is 6.48. The van der Waals surface area contributed by atoms with Crippen LogP contribution in [0, 0.1) is 0 Å². The van der Waals surface area contributed by atoms with Crippen molar-refractivity contribution in [3.63, 3.8) is 0 Å². The van der Waals surface area contributed by atoms with Gasteiger partial charge in [0.2, 0.25) is 5.91 Å². The van der Waals surface area contributed by atoms with E-state index < -0.39 is 5.91 Å². The Morgan fingerprint density at radius 1 is 1.07 bits per heavy atom. The highest BCUT2D eigenvalue weighted by atomic mass is 35.5. The highest BCUT2D eigenvalue weighted by Gasteiger charge is 2.26. The van der Waals surface area contributed by atoms with E-state index in [0.29, 0.717) is 34.6 Å². The first-order valence-electron chi connectivity index (χ1n) is 9.48. The molecule has 0 aliphatic carbocycles. The summed E-state index contributed by atoms with van der Waals surface area (Å²) in [4.78, 5) is 31.3. The minimum absolute atomic E-state index is 0.0674. The number of halogens is 3. The zero-order chi connectivity index (χ0) is 21.3. The molecule has 1 aliphatic heterocycles. The van der Waals surface area contributed by atoms with Gasteiger partial charge in [-0.2, -0.15) is 0 Å². The molecular formula is C21H18Cl3N3O2S. The van der Waals surface area contributed by atoms with Crippen molar-refractivity contribution in [3.8, 4) is 0 Å². The molecule has 2 amide bonds. The van der Waals surface area contributed by atoms with E-state index in [4.69, 9.17) is 39.8 Å². The lowest BCUT2D eigenvalue weighted by Crippen LogP contribution is -2.43. The zero-order valence-electron chi connectivity index (χ0n) is 15.8. The monoisotopic (exact) mass is 481 g/mol. The molecule has 2 aromatic carbocycles. The van der Waals surface area contributed by atoms with E-state index in [1.165, 1.54) is 6.07 Å². The number of benzene rings is 2. The molecule has 1 N–H and O–H groups in total. The fourth-order valence-electron chi connectivity index (χ4n) is 3.51. The first kappa shape index (κ1) is 21.4. The number of fused-ring (bicyclic) bond motifs is 1. The third kappa shape index (κ3) is 4.72. The van der Waals surface area contributed by atoms with Crippen LogP contribution in [0.2, 0.25) is 15.1 Å². The Labute approximate surface area is 192 Å². The Balaban J connectivity index is 1.31. The minimum atomic E-state index is -0.395. The fourth-order valence-corrected chi connectivity index (χ4v) is 5.28. The number of nitrogens with zero attached hydrogens (tertiary/aromatic N) is 2. The molecule has 9 heteroatoms. The van der Waals surface area contributed by atoms with Crippen LogP contribution in [0.5, 0.6) is 0 Å². The van der Waals surface area contributed by atoms with Gasteiger partial charge in [0.15, 0.2) is 0 Å². The Hall–Kier alpha value is -1.86. The smallest absolute Gasteiger partial charge is 0.253 e. The van der Waals surface area contributed by atoms with Crippen LogP contribution in [0.3, 0.4) is 0 Å². The maximum absolute atomic E-state index is 12.5. The van der Waals surface area contributed by atoms with Gasteiger partial charge in [-0.3, -0.25) is 9.59 Å². The largest absolute Gasteiger partial charge is 0.343 e. The molecule has 0 bridgehead atoms. The molecule has 1 saturated heterocycles. The maximum atomic E-state index is 12.5. The summed E-state index contributed by atoms with van der Waals surface area (Å²) in [5, 5.41) is 5.12. The molecule has 30 heavy (non-hydrogen) atoms. The minimum Gasteiger partial charge on any atom is -0.343 e. The van der Waals surface area contributed by atoms with Gasteiger partial charge in [0.1, 0.15) is 0 Å². The van der Waals surface area contributed by atoms with Crippen LogP contribution in [0.25, 0.3) is 10.2 Å². The highest BCUT2D eigenvalue weighted by Crippen LogP contribution is 2.34. The van der Waals surface area contributed by atoms with Crippen LogP contribution in [0.15, 0.2) is 36.4 Å². The second-order valence-corrected chi connectivity index (χ2v) is 9.47. The third-order valence-electron chi connectivity index (χ3n) is 5.14. The average Bonchev–Trinajstić information content (AvgIpc) is 3.15. The van der Waals surface area contributed by atoms with Crippen molar-refractivity contribution in [2.45, 2.75) is 18.8 Å². The van der Waals surface area contributed by atoms with Crippen LogP contribution in [0.1, 0.15) is 34.1 Å². The van der Waals surface area contributed by atoms with Crippen molar-refractivity contribution in [1.29, 1.82) is 0 Å². The number of amides is 2. The summed E-state index contributed by atoms with van der Waals surface area (Å²) in [5.41, 5.74) is 1.22. The molecule has 0 spiro atoms. The molecule has 0 radical (unpaired) electrons. The number of hydrogen-bond acceptors (Lipinski definition) is 4.